The summed E-state index contributed by atoms with van der Waals surface area (Å²) in [7, 11) is 1.93. The Morgan fingerprint density at radius 3 is 2.31 bits per heavy atom. The van der Waals surface area contributed by atoms with Crippen molar-refractivity contribution >= 4 is 17.2 Å². The van der Waals surface area contributed by atoms with Crippen LogP contribution >= 0.6 is 17.2 Å². The third kappa shape index (κ3) is 5.59. The van der Waals surface area contributed by atoms with E-state index in [1.165, 1.54) is 89.4 Å². The molecule has 5 fully saturated rings. The summed E-state index contributed by atoms with van der Waals surface area (Å²) in [5.41, 5.74) is 0.714. The molecule has 11 atom stereocenters. The first kappa shape index (κ1) is 24.4. The second-order valence-corrected chi connectivity index (χ2v) is 14.8. The van der Waals surface area contributed by atoms with Crippen LogP contribution < -0.4 is 0 Å². The summed E-state index contributed by atoms with van der Waals surface area (Å²) in [6.07, 6.45) is 22.5. The molecular formula is C27H48O3P2. The molecule has 0 spiro atoms. The van der Waals surface area contributed by atoms with Gasteiger partial charge in [-0.3, -0.25) is 0 Å². The molecule has 3 saturated carbocycles. The van der Waals surface area contributed by atoms with Crippen molar-refractivity contribution in [3.8, 4) is 0 Å². The fraction of sp³-hybridized carbons (Fsp3) is 1.00. The average Bonchev–Trinajstić information content (AvgIpc) is 3.53. The first-order valence-electron chi connectivity index (χ1n) is 14.2. The first-order valence-corrected chi connectivity index (χ1v) is 16.9. The van der Waals surface area contributed by atoms with E-state index in [-0.39, 0.29) is 12.2 Å². The third-order valence-corrected chi connectivity index (χ3v) is 12.7. The SMILES string of the molecule is CCPCC1OC(C2CCC3CCCCC32)CC1PCC1OC(C2CCCCC2)CC1O. The van der Waals surface area contributed by atoms with E-state index in [0.29, 0.717) is 29.9 Å². The van der Waals surface area contributed by atoms with Gasteiger partial charge in [0.2, 0.25) is 0 Å². The van der Waals surface area contributed by atoms with Gasteiger partial charge in [-0.15, -0.1) is 17.2 Å². The van der Waals surface area contributed by atoms with Crippen molar-refractivity contribution < 1.29 is 14.6 Å². The summed E-state index contributed by atoms with van der Waals surface area (Å²) in [5, 5.41) is 10.8. The average molecular weight is 483 g/mol. The smallest absolute Gasteiger partial charge is 0.0875 e. The molecule has 0 aromatic carbocycles. The van der Waals surface area contributed by atoms with Gasteiger partial charge >= 0.3 is 0 Å². The van der Waals surface area contributed by atoms with Crippen LogP contribution in [0, 0.1) is 23.7 Å². The van der Waals surface area contributed by atoms with Gasteiger partial charge in [-0.2, -0.15) is 0 Å². The van der Waals surface area contributed by atoms with Crippen molar-refractivity contribution in [3.63, 3.8) is 0 Å². The molecule has 184 valence electrons. The van der Waals surface area contributed by atoms with Gasteiger partial charge in [0, 0.05) is 12.1 Å². The Morgan fingerprint density at radius 1 is 0.719 bits per heavy atom. The molecule has 0 radical (unpaired) electrons. The standard InChI is InChI=1S/C27H48O3P2/c1-2-31-16-26-27(15-24(30-26)21-13-12-18-8-6-7-11-20(18)21)32-17-25-22(28)14-23(29-25)19-9-4-3-5-10-19/h18-28,31-32H,2-17H2,1H3. The van der Waals surface area contributed by atoms with E-state index in [9.17, 15) is 5.11 Å². The van der Waals surface area contributed by atoms with Crippen LogP contribution in [0.25, 0.3) is 0 Å². The summed E-state index contributed by atoms with van der Waals surface area (Å²) in [6, 6.07) is 0. The van der Waals surface area contributed by atoms with Gasteiger partial charge in [0.25, 0.3) is 0 Å². The molecule has 11 unspecified atom stereocenters. The van der Waals surface area contributed by atoms with E-state index in [1.807, 2.05) is 0 Å². The summed E-state index contributed by atoms with van der Waals surface area (Å²) in [6.45, 7) is 2.32. The van der Waals surface area contributed by atoms with Crippen LogP contribution in [0.5, 0.6) is 0 Å². The quantitative estimate of drug-likeness (QED) is 0.419. The molecule has 5 aliphatic rings. The number of hydrogen-bond acceptors (Lipinski definition) is 3. The van der Waals surface area contributed by atoms with E-state index < -0.39 is 0 Å². The molecule has 2 aliphatic heterocycles. The Balaban J connectivity index is 1.15. The Bertz CT molecular complexity index is 583. The lowest BCUT2D eigenvalue weighted by Crippen LogP contribution is -2.29. The maximum absolute atomic E-state index is 10.8. The number of hydrogen-bond donors (Lipinski definition) is 1. The van der Waals surface area contributed by atoms with Crippen molar-refractivity contribution in [1.29, 1.82) is 0 Å². The molecule has 0 bridgehead atoms. The van der Waals surface area contributed by atoms with Crippen molar-refractivity contribution in [2.75, 3.05) is 18.5 Å². The minimum absolute atomic E-state index is 0.0859. The van der Waals surface area contributed by atoms with Gasteiger partial charge < -0.3 is 14.6 Å². The van der Waals surface area contributed by atoms with Crippen molar-refractivity contribution in [3.05, 3.63) is 0 Å². The summed E-state index contributed by atoms with van der Waals surface area (Å²) in [5.74, 6) is 3.51. The van der Waals surface area contributed by atoms with E-state index in [2.05, 4.69) is 6.92 Å². The maximum Gasteiger partial charge on any atom is 0.0875 e. The van der Waals surface area contributed by atoms with Gasteiger partial charge in [-0.05, 0) is 80.7 Å². The number of ether oxygens (including phenoxy) is 2. The fourth-order valence-corrected chi connectivity index (χ4v) is 11.0. The van der Waals surface area contributed by atoms with E-state index in [0.717, 1.165) is 47.5 Å². The minimum Gasteiger partial charge on any atom is -0.390 e. The molecule has 1 N–H and O–H groups in total. The Morgan fingerprint density at radius 2 is 1.47 bits per heavy atom. The fourth-order valence-electron chi connectivity index (χ4n) is 8.01. The molecule has 0 aromatic rings. The summed E-state index contributed by atoms with van der Waals surface area (Å²) >= 11 is 0. The zero-order chi connectivity index (χ0) is 21.9. The van der Waals surface area contributed by atoms with Crippen LogP contribution in [0.4, 0.5) is 0 Å². The van der Waals surface area contributed by atoms with Gasteiger partial charge in [-0.1, -0.05) is 45.4 Å². The Hall–Kier alpha value is 0.740. The number of aliphatic hydroxyl groups excluding tert-OH is 1. The van der Waals surface area contributed by atoms with Crippen LogP contribution in [0.2, 0.25) is 0 Å². The first-order chi connectivity index (χ1) is 15.7. The van der Waals surface area contributed by atoms with Gasteiger partial charge in [0.05, 0.1) is 30.5 Å². The second kappa shape index (κ2) is 11.6. The third-order valence-electron chi connectivity index (χ3n) is 9.76. The highest BCUT2D eigenvalue weighted by Crippen LogP contribution is 2.51. The maximum atomic E-state index is 10.8. The van der Waals surface area contributed by atoms with E-state index >= 15 is 0 Å². The molecule has 32 heavy (non-hydrogen) atoms. The van der Waals surface area contributed by atoms with Crippen LogP contribution in [0.3, 0.4) is 0 Å². The summed E-state index contributed by atoms with van der Waals surface area (Å²) in [4.78, 5) is 0. The topological polar surface area (TPSA) is 38.7 Å². The monoisotopic (exact) mass is 482 g/mol. The summed E-state index contributed by atoms with van der Waals surface area (Å²) < 4.78 is 13.4. The number of fused-ring (bicyclic) bond motifs is 1. The Kier molecular flexibility index (Phi) is 8.90. The normalized spacial score (nSPS) is 46.1. The van der Waals surface area contributed by atoms with Crippen molar-refractivity contribution in [2.45, 2.75) is 127 Å². The lowest BCUT2D eigenvalue weighted by molar-refractivity contribution is -0.00661. The molecule has 3 aliphatic carbocycles. The van der Waals surface area contributed by atoms with Crippen LogP contribution in [-0.2, 0) is 9.47 Å². The van der Waals surface area contributed by atoms with Crippen LogP contribution in [0.15, 0.2) is 0 Å². The zero-order valence-electron chi connectivity index (χ0n) is 20.4. The molecule has 0 amide bonds. The highest BCUT2D eigenvalue weighted by atomic mass is 31.1. The molecule has 2 saturated heterocycles. The molecular weight excluding hydrogens is 434 g/mol. The zero-order valence-corrected chi connectivity index (χ0v) is 22.4. The highest BCUT2D eigenvalue weighted by molar-refractivity contribution is 7.39. The number of aliphatic hydroxyl groups is 1. The molecule has 2 heterocycles. The lowest BCUT2D eigenvalue weighted by Gasteiger charge is -2.32. The van der Waals surface area contributed by atoms with E-state index in [4.69, 9.17) is 9.47 Å². The lowest BCUT2D eigenvalue weighted by atomic mass is 9.76. The molecule has 5 heteroatoms. The predicted octanol–water partition coefficient (Wildman–Crippen LogP) is 6.20. The second-order valence-electron chi connectivity index (χ2n) is 11.6. The highest BCUT2D eigenvalue weighted by Gasteiger charge is 2.47. The van der Waals surface area contributed by atoms with Crippen LogP contribution in [-0.4, -0.2) is 59.8 Å². The van der Waals surface area contributed by atoms with Crippen molar-refractivity contribution in [1.82, 2.24) is 0 Å². The Labute approximate surface area is 200 Å². The molecule has 0 aromatic heterocycles. The van der Waals surface area contributed by atoms with Crippen molar-refractivity contribution in [2.24, 2.45) is 23.7 Å². The van der Waals surface area contributed by atoms with Gasteiger partial charge in [0.1, 0.15) is 0 Å². The van der Waals surface area contributed by atoms with Gasteiger partial charge in [-0.25, -0.2) is 0 Å². The van der Waals surface area contributed by atoms with Gasteiger partial charge in [0.15, 0.2) is 0 Å². The molecule has 3 nitrogen and oxygen atoms in total. The minimum atomic E-state index is -0.235. The molecule has 5 rings (SSSR count). The van der Waals surface area contributed by atoms with Crippen LogP contribution in [0.1, 0.15) is 90.4 Å². The predicted molar refractivity (Wildman–Crippen MR) is 138 cm³/mol. The number of rotatable bonds is 8. The largest absolute Gasteiger partial charge is 0.390 e. The van der Waals surface area contributed by atoms with E-state index in [1.54, 1.807) is 0 Å².